The van der Waals surface area contributed by atoms with Crippen LogP contribution < -0.4 is 0 Å². The fourth-order valence-electron chi connectivity index (χ4n) is 0.515. The SMILES string of the molecule is C=CCCl.CC1=[C-]CC=C1.[Hf]. The zero-order valence-corrected chi connectivity index (χ0v) is 11.1. The van der Waals surface area contributed by atoms with Gasteiger partial charge in [0, 0.05) is 31.7 Å². The second-order valence-corrected chi connectivity index (χ2v) is 2.22. The van der Waals surface area contributed by atoms with Crippen LogP contribution in [0.25, 0.3) is 0 Å². The summed E-state index contributed by atoms with van der Waals surface area (Å²) in [6.45, 7) is 5.41. The molecule has 0 amide bonds. The molecule has 11 heavy (non-hydrogen) atoms. The summed E-state index contributed by atoms with van der Waals surface area (Å²) < 4.78 is 0. The van der Waals surface area contributed by atoms with Crippen LogP contribution in [0.15, 0.2) is 30.4 Å². The second-order valence-electron chi connectivity index (χ2n) is 1.91. The first-order chi connectivity index (χ1) is 4.81. The van der Waals surface area contributed by atoms with E-state index in [-0.39, 0.29) is 25.8 Å². The van der Waals surface area contributed by atoms with Crippen molar-refractivity contribution in [1.82, 2.24) is 0 Å². The Morgan fingerprint density at radius 2 is 2.36 bits per heavy atom. The predicted octanol–water partition coefficient (Wildman–Crippen LogP) is 3.10. The Balaban J connectivity index is 0. The van der Waals surface area contributed by atoms with Crippen LogP contribution in [-0.2, 0) is 25.8 Å². The van der Waals surface area contributed by atoms with Crippen molar-refractivity contribution in [3.05, 3.63) is 36.5 Å². The molecule has 0 atom stereocenters. The molecule has 0 unspecified atom stereocenters. The van der Waals surface area contributed by atoms with Gasteiger partial charge < -0.3 is 0 Å². The summed E-state index contributed by atoms with van der Waals surface area (Å²) in [5, 5.41) is 0. The van der Waals surface area contributed by atoms with Gasteiger partial charge in [-0.3, -0.25) is 6.08 Å². The first kappa shape index (κ1) is 13.9. The quantitative estimate of drug-likeness (QED) is 0.299. The molecule has 0 nitrogen and oxygen atoms in total. The van der Waals surface area contributed by atoms with Gasteiger partial charge in [-0.25, -0.2) is 11.6 Å². The molecule has 0 saturated heterocycles. The number of allylic oxidation sites excluding steroid dienone is 5. The van der Waals surface area contributed by atoms with Gasteiger partial charge in [0.05, 0.1) is 0 Å². The minimum Gasteiger partial charge on any atom is -0.270 e. The van der Waals surface area contributed by atoms with Gasteiger partial charge in [0.15, 0.2) is 0 Å². The van der Waals surface area contributed by atoms with Gasteiger partial charge in [-0.1, -0.05) is 13.0 Å². The zero-order chi connectivity index (χ0) is 7.82. The third-order valence-electron chi connectivity index (χ3n) is 0.976. The van der Waals surface area contributed by atoms with Crippen LogP contribution in [0.4, 0.5) is 0 Å². The molecular weight excluding hydrogens is 322 g/mol. The van der Waals surface area contributed by atoms with E-state index >= 15 is 0 Å². The van der Waals surface area contributed by atoms with Gasteiger partial charge in [-0.2, -0.15) is 6.08 Å². The molecule has 0 spiro atoms. The molecule has 0 N–H and O–H groups in total. The molecule has 0 radical (unpaired) electrons. The largest absolute Gasteiger partial charge is 0.270 e. The number of hydrogen-bond donors (Lipinski definition) is 0. The van der Waals surface area contributed by atoms with Crippen molar-refractivity contribution in [2.24, 2.45) is 0 Å². The summed E-state index contributed by atoms with van der Waals surface area (Å²) in [6, 6.07) is 0. The van der Waals surface area contributed by atoms with Crippen molar-refractivity contribution in [2.75, 3.05) is 5.88 Å². The molecule has 1 rings (SSSR count). The van der Waals surface area contributed by atoms with E-state index in [1.54, 1.807) is 6.08 Å². The molecule has 2 heteroatoms. The average molecular weight is 334 g/mol. The van der Waals surface area contributed by atoms with Crippen molar-refractivity contribution in [3.63, 3.8) is 0 Å². The van der Waals surface area contributed by atoms with Gasteiger partial charge in [0.2, 0.25) is 0 Å². The van der Waals surface area contributed by atoms with Gasteiger partial charge in [-0.05, 0) is 0 Å². The Bertz CT molecular complexity index is 145. The van der Waals surface area contributed by atoms with E-state index in [0.717, 1.165) is 6.42 Å². The fraction of sp³-hybridized carbons (Fsp3) is 0.333. The van der Waals surface area contributed by atoms with Crippen molar-refractivity contribution in [1.29, 1.82) is 0 Å². The van der Waals surface area contributed by atoms with Gasteiger partial charge in [0.25, 0.3) is 0 Å². The van der Waals surface area contributed by atoms with E-state index < -0.39 is 0 Å². The maximum absolute atomic E-state index is 5.07. The van der Waals surface area contributed by atoms with Gasteiger partial charge in [-0.15, -0.1) is 24.6 Å². The van der Waals surface area contributed by atoms with Crippen LogP contribution in [0.2, 0.25) is 0 Å². The van der Waals surface area contributed by atoms with E-state index in [1.807, 2.05) is 0 Å². The monoisotopic (exact) mass is 335 g/mol. The first-order valence-electron chi connectivity index (χ1n) is 3.22. The number of halogens is 1. The topological polar surface area (TPSA) is 0 Å². The minimum absolute atomic E-state index is 0. The minimum atomic E-state index is 0. The molecular formula is C9H12ClHf-. The molecule has 1 aliphatic carbocycles. The smallest absolute Gasteiger partial charge is 0.0401 e. The average Bonchev–Trinajstić information content (AvgIpc) is 2.40. The van der Waals surface area contributed by atoms with Crippen LogP contribution in [0, 0.1) is 6.08 Å². The Labute approximate surface area is 92.8 Å². The molecule has 1 aliphatic rings. The van der Waals surface area contributed by atoms with E-state index in [4.69, 9.17) is 11.6 Å². The fourth-order valence-corrected chi connectivity index (χ4v) is 0.515. The van der Waals surface area contributed by atoms with E-state index in [9.17, 15) is 0 Å². The Hall–Kier alpha value is 0.380. The summed E-state index contributed by atoms with van der Waals surface area (Å²) in [7, 11) is 0. The first-order valence-corrected chi connectivity index (χ1v) is 3.75. The number of rotatable bonds is 1. The zero-order valence-electron chi connectivity index (χ0n) is 6.73. The Kier molecular flexibility index (Phi) is 13.2. The van der Waals surface area contributed by atoms with Crippen molar-refractivity contribution in [2.45, 2.75) is 13.3 Å². The number of alkyl halides is 1. The third-order valence-corrected chi connectivity index (χ3v) is 1.19. The molecule has 0 aromatic rings. The molecule has 0 heterocycles. The van der Waals surface area contributed by atoms with Crippen molar-refractivity contribution in [3.8, 4) is 0 Å². The Morgan fingerprint density at radius 1 is 1.82 bits per heavy atom. The third kappa shape index (κ3) is 10.4. The van der Waals surface area contributed by atoms with Crippen LogP contribution in [0.3, 0.4) is 0 Å². The van der Waals surface area contributed by atoms with Crippen molar-refractivity contribution >= 4 is 11.6 Å². The van der Waals surface area contributed by atoms with Crippen LogP contribution >= 0.6 is 11.6 Å². The van der Waals surface area contributed by atoms with E-state index in [1.165, 1.54) is 5.57 Å². The van der Waals surface area contributed by atoms with E-state index in [0.29, 0.717) is 5.88 Å². The summed E-state index contributed by atoms with van der Waals surface area (Å²) in [5.74, 6) is 0.556. The van der Waals surface area contributed by atoms with Gasteiger partial charge in [0.1, 0.15) is 0 Å². The Morgan fingerprint density at radius 3 is 2.45 bits per heavy atom. The molecule has 0 aromatic carbocycles. The normalized spacial score (nSPS) is 12.4. The van der Waals surface area contributed by atoms with Crippen molar-refractivity contribution < 1.29 is 25.8 Å². The summed E-state index contributed by atoms with van der Waals surface area (Å²) >= 11 is 5.07. The number of hydrogen-bond acceptors (Lipinski definition) is 0. The molecule has 60 valence electrons. The summed E-state index contributed by atoms with van der Waals surface area (Å²) in [4.78, 5) is 0. The van der Waals surface area contributed by atoms with E-state index in [2.05, 4.69) is 31.7 Å². The van der Waals surface area contributed by atoms with Crippen LogP contribution in [-0.4, -0.2) is 5.88 Å². The molecule has 0 bridgehead atoms. The van der Waals surface area contributed by atoms with Gasteiger partial charge >= 0.3 is 0 Å². The maximum Gasteiger partial charge on any atom is 0.0401 e. The molecule has 0 aliphatic heterocycles. The summed E-state index contributed by atoms with van der Waals surface area (Å²) in [6.07, 6.45) is 9.97. The second kappa shape index (κ2) is 10.4. The predicted molar refractivity (Wildman–Crippen MR) is 47.1 cm³/mol. The molecule has 0 fully saturated rings. The van der Waals surface area contributed by atoms with Crippen LogP contribution in [0.1, 0.15) is 13.3 Å². The standard InChI is InChI=1S/C6H7.C3H5Cl.Hf/c1-6-4-2-3-5-6;1-2-3-4;/h2,4H,3H2,1H3;2H,1,3H2;/q-1;;. The van der Waals surface area contributed by atoms with Crippen LogP contribution in [0.5, 0.6) is 0 Å². The maximum atomic E-state index is 5.07. The summed E-state index contributed by atoms with van der Waals surface area (Å²) in [5.41, 5.74) is 1.27. The molecule has 0 aromatic heterocycles. The molecule has 0 saturated carbocycles.